The molecule has 0 saturated carbocycles. The minimum absolute atomic E-state index is 0.113. The van der Waals surface area contributed by atoms with Gasteiger partial charge in [0.2, 0.25) is 0 Å². The van der Waals surface area contributed by atoms with Crippen LogP contribution in [0.2, 0.25) is 0 Å². The Hall–Kier alpha value is -0.0800. The van der Waals surface area contributed by atoms with Gasteiger partial charge in [0.05, 0.1) is 12.7 Å². The van der Waals surface area contributed by atoms with E-state index in [4.69, 9.17) is 4.74 Å². The lowest BCUT2D eigenvalue weighted by Gasteiger charge is -2.17. The molecule has 0 rings (SSSR count). The smallest absolute Gasteiger partial charge is 0.147 e. The Balaban J connectivity index is 3.11. The fourth-order valence-corrected chi connectivity index (χ4v) is 0.218. The number of hydrogen-bond acceptors (Lipinski definition) is 2. The molecule has 0 fully saturated rings. The van der Waals surface area contributed by atoms with Gasteiger partial charge in [-0.15, -0.1) is 0 Å². The molecule has 0 heterocycles. The normalized spacial score (nSPS) is 12.0. The first-order valence-corrected chi connectivity index (χ1v) is 2.57. The number of rotatable bonds is 2. The standard InChI is InChI=1S/C6H13O2/c1-6(2,3)8-5-7-4/h4-5H2,1-3H3. The highest BCUT2D eigenvalue weighted by atomic mass is 16.7. The molecular formula is C6H13O2. The molecule has 0 aromatic rings. The Morgan fingerprint density at radius 3 is 2.00 bits per heavy atom. The second-order valence-electron chi connectivity index (χ2n) is 2.58. The van der Waals surface area contributed by atoms with E-state index in [0.29, 0.717) is 0 Å². The molecule has 1 radical (unpaired) electrons. The van der Waals surface area contributed by atoms with Gasteiger partial charge in [-0.2, -0.15) is 0 Å². The fraction of sp³-hybridized carbons (Fsp3) is 0.833. The van der Waals surface area contributed by atoms with Gasteiger partial charge < -0.3 is 9.47 Å². The van der Waals surface area contributed by atoms with Crippen LogP contribution in [-0.2, 0) is 9.47 Å². The van der Waals surface area contributed by atoms with Crippen LogP contribution < -0.4 is 0 Å². The van der Waals surface area contributed by atoms with E-state index in [0.717, 1.165) is 0 Å². The largest absolute Gasteiger partial charge is 0.353 e. The Kier molecular flexibility index (Phi) is 3.02. The molecule has 0 aromatic carbocycles. The van der Waals surface area contributed by atoms with Crippen molar-refractivity contribution in [3.63, 3.8) is 0 Å². The van der Waals surface area contributed by atoms with Gasteiger partial charge in [0, 0.05) is 0 Å². The lowest BCUT2D eigenvalue weighted by molar-refractivity contribution is -0.0948. The van der Waals surface area contributed by atoms with Crippen molar-refractivity contribution >= 4 is 0 Å². The van der Waals surface area contributed by atoms with E-state index in [2.05, 4.69) is 11.8 Å². The summed E-state index contributed by atoms with van der Waals surface area (Å²) in [4.78, 5) is 0. The van der Waals surface area contributed by atoms with Crippen LogP contribution >= 0.6 is 0 Å². The molecule has 0 aliphatic carbocycles. The third kappa shape index (κ3) is 5.92. The zero-order valence-electron chi connectivity index (χ0n) is 5.73. The van der Waals surface area contributed by atoms with Crippen LogP contribution in [0.15, 0.2) is 0 Å². The molecule has 0 spiro atoms. The summed E-state index contributed by atoms with van der Waals surface area (Å²) in [7, 11) is 3.16. The number of ether oxygens (including phenoxy) is 2. The quantitative estimate of drug-likeness (QED) is 0.511. The van der Waals surface area contributed by atoms with Crippen molar-refractivity contribution in [2.45, 2.75) is 26.4 Å². The monoisotopic (exact) mass is 117 g/mol. The molecule has 0 amide bonds. The summed E-state index contributed by atoms with van der Waals surface area (Å²) in [6.07, 6.45) is 0. The predicted octanol–water partition coefficient (Wildman–Crippen LogP) is 1.57. The summed E-state index contributed by atoms with van der Waals surface area (Å²) in [5, 5.41) is 0. The second kappa shape index (κ2) is 3.05. The summed E-state index contributed by atoms with van der Waals surface area (Å²) in [5.74, 6) is 0. The molecule has 0 N–H and O–H groups in total. The maximum atomic E-state index is 5.09. The van der Waals surface area contributed by atoms with Crippen molar-refractivity contribution in [3.05, 3.63) is 7.11 Å². The first-order valence-electron chi connectivity index (χ1n) is 2.57. The van der Waals surface area contributed by atoms with Gasteiger partial charge >= 0.3 is 0 Å². The SMILES string of the molecule is [CH2]OCOC(C)(C)C. The first kappa shape index (κ1) is 7.92. The Labute approximate surface area is 50.8 Å². The maximum Gasteiger partial charge on any atom is 0.147 e. The topological polar surface area (TPSA) is 18.5 Å². The number of hydrogen-bond donors (Lipinski definition) is 0. The molecule has 0 bridgehead atoms. The molecule has 0 saturated heterocycles. The summed E-state index contributed by atoms with van der Waals surface area (Å²) < 4.78 is 9.54. The van der Waals surface area contributed by atoms with Crippen molar-refractivity contribution < 1.29 is 9.47 Å². The second-order valence-corrected chi connectivity index (χ2v) is 2.58. The molecular weight excluding hydrogens is 104 g/mol. The predicted molar refractivity (Wildman–Crippen MR) is 32.1 cm³/mol. The minimum atomic E-state index is -0.113. The summed E-state index contributed by atoms with van der Waals surface area (Å²) in [6.45, 7) is 6.16. The van der Waals surface area contributed by atoms with Gasteiger partial charge in [0.15, 0.2) is 0 Å². The highest BCUT2D eigenvalue weighted by Gasteiger charge is 2.07. The van der Waals surface area contributed by atoms with E-state index in [-0.39, 0.29) is 12.4 Å². The van der Waals surface area contributed by atoms with E-state index < -0.39 is 0 Å². The Morgan fingerprint density at radius 1 is 1.38 bits per heavy atom. The van der Waals surface area contributed by atoms with Crippen molar-refractivity contribution in [2.24, 2.45) is 0 Å². The molecule has 49 valence electrons. The Morgan fingerprint density at radius 2 is 1.88 bits per heavy atom. The maximum absolute atomic E-state index is 5.09. The molecule has 0 atom stereocenters. The van der Waals surface area contributed by atoms with Crippen LogP contribution in [0, 0.1) is 7.11 Å². The van der Waals surface area contributed by atoms with E-state index in [9.17, 15) is 0 Å². The van der Waals surface area contributed by atoms with Crippen LogP contribution in [0.25, 0.3) is 0 Å². The van der Waals surface area contributed by atoms with E-state index in [1.807, 2.05) is 20.8 Å². The van der Waals surface area contributed by atoms with Crippen LogP contribution in [0.3, 0.4) is 0 Å². The van der Waals surface area contributed by atoms with Crippen LogP contribution in [0.4, 0.5) is 0 Å². The van der Waals surface area contributed by atoms with E-state index in [1.165, 1.54) is 0 Å². The summed E-state index contributed by atoms with van der Waals surface area (Å²) >= 11 is 0. The zero-order chi connectivity index (χ0) is 6.62. The molecule has 0 aromatic heterocycles. The molecule has 0 aliphatic rings. The third-order valence-electron chi connectivity index (χ3n) is 0.575. The molecule has 8 heavy (non-hydrogen) atoms. The van der Waals surface area contributed by atoms with E-state index >= 15 is 0 Å². The molecule has 2 heteroatoms. The third-order valence-corrected chi connectivity index (χ3v) is 0.575. The lowest BCUT2D eigenvalue weighted by Crippen LogP contribution is -2.19. The fourth-order valence-electron chi connectivity index (χ4n) is 0.218. The van der Waals surface area contributed by atoms with Crippen molar-refractivity contribution in [1.29, 1.82) is 0 Å². The summed E-state index contributed by atoms with van der Waals surface area (Å²) in [6, 6.07) is 0. The lowest BCUT2D eigenvalue weighted by atomic mass is 10.2. The summed E-state index contributed by atoms with van der Waals surface area (Å²) in [5.41, 5.74) is -0.113. The first-order chi connectivity index (χ1) is 3.56. The minimum Gasteiger partial charge on any atom is -0.353 e. The van der Waals surface area contributed by atoms with Crippen LogP contribution in [-0.4, -0.2) is 12.4 Å². The van der Waals surface area contributed by atoms with Crippen LogP contribution in [0.5, 0.6) is 0 Å². The van der Waals surface area contributed by atoms with Crippen LogP contribution in [0.1, 0.15) is 20.8 Å². The molecule has 0 aliphatic heterocycles. The zero-order valence-corrected chi connectivity index (χ0v) is 5.73. The van der Waals surface area contributed by atoms with Crippen molar-refractivity contribution in [2.75, 3.05) is 6.79 Å². The molecule has 2 nitrogen and oxygen atoms in total. The molecule has 0 unspecified atom stereocenters. The average Bonchev–Trinajstić information content (AvgIpc) is 1.59. The van der Waals surface area contributed by atoms with Gasteiger partial charge in [-0.3, -0.25) is 0 Å². The van der Waals surface area contributed by atoms with Gasteiger partial charge in [-0.05, 0) is 20.8 Å². The average molecular weight is 117 g/mol. The van der Waals surface area contributed by atoms with E-state index in [1.54, 1.807) is 0 Å². The van der Waals surface area contributed by atoms with Gasteiger partial charge in [0.1, 0.15) is 6.79 Å². The van der Waals surface area contributed by atoms with Gasteiger partial charge in [-0.25, -0.2) is 0 Å². The Bertz CT molecular complexity index is 54.0. The van der Waals surface area contributed by atoms with Gasteiger partial charge in [-0.1, -0.05) is 0 Å². The highest BCUT2D eigenvalue weighted by molar-refractivity contribution is 4.56. The van der Waals surface area contributed by atoms with Crippen molar-refractivity contribution in [1.82, 2.24) is 0 Å². The van der Waals surface area contributed by atoms with Gasteiger partial charge in [0.25, 0.3) is 0 Å². The van der Waals surface area contributed by atoms with Crippen molar-refractivity contribution in [3.8, 4) is 0 Å². The highest BCUT2D eigenvalue weighted by Crippen LogP contribution is 2.05.